The molecule has 5 atom stereocenters. The van der Waals surface area contributed by atoms with E-state index in [9.17, 15) is 19.5 Å². The number of aryl methyl sites for hydroxylation is 1. The molecule has 7 nitrogen and oxygen atoms in total. The van der Waals surface area contributed by atoms with Crippen LogP contribution in [0.1, 0.15) is 84.0 Å². The molecule has 0 radical (unpaired) electrons. The summed E-state index contributed by atoms with van der Waals surface area (Å²) in [5.74, 6) is -0.294. The van der Waals surface area contributed by atoms with Crippen molar-refractivity contribution in [2.24, 2.45) is 17.3 Å². The van der Waals surface area contributed by atoms with Crippen LogP contribution < -0.4 is 0 Å². The van der Waals surface area contributed by atoms with Gasteiger partial charge in [0.15, 0.2) is 6.10 Å². The first-order chi connectivity index (χ1) is 14.0. The summed E-state index contributed by atoms with van der Waals surface area (Å²) >= 11 is 0. The molecule has 4 aliphatic rings. The number of aromatic nitrogens is 1. The van der Waals surface area contributed by atoms with Crippen LogP contribution in [0.5, 0.6) is 0 Å². The van der Waals surface area contributed by atoms with E-state index < -0.39 is 23.6 Å². The third-order valence-corrected chi connectivity index (χ3v) is 7.42. The molecule has 30 heavy (non-hydrogen) atoms. The lowest BCUT2D eigenvalue weighted by molar-refractivity contribution is -0.178. The maximum Gasteiger partial charge on any atom is 0.339 e. The Labute approximate surface area is 176 Å². The third kappa shape index (κ3) is 3.57. The molecule has 4 bridgehead atoms. The van der Waals surface area contributed by atoms with E-state index >= 15 is 0 Å². The number of aliphatic hydroxyl groups is 1. The van der Waals surface area contributed by atoms with Crippen molar-refractivity contribution in [2.75, 3.05) is 7.11 Å². The first kappa shape index (κ1) is 21.1. The van der Waals surface area contributed by atoms with Gasteiger partial charge < -0.3 is 19.6 Å². The van der Waals surface area contributed by atoms with Gasteiger partial charge in [-0.25, -0.2) is 4.79 Å². The Balaban J connectivity index is 1.43. The zero-order chi connectivity index (χ0) is 21.8. The summed E-state index contributed by atoms with van der Waals surface area (Å²) in [5, 5.41) is 10.9. The topological polar surface area (TPSA) is 106 Å². The maximum absolute atomic E-state index is 12.9. The van der Waals surface area contributed by atoms with Crippen LogP contribution in [-0.4, -0.2) is 46.6 Å². The van der Waals surface area contributed by atoms with Crippen LogP contribution in [0.3, 0.4) is 0 Å². The van der Waals surface area contributed by atoms with E-state index in [0.717, 1.165) is 32.1 Å². The summed E-state index contributed by atoms with van der Waals surface area (Å²) in [6.07, 6.45) is 4.71. The number of hydrogen-bond donors (Lipinski definition) is 2. The van der Waals surface area contributed by atoms with Gasteiger partial charge in [0.05, 0.1) is 30.4 Å². The minimum absolute atomic E-state index is 0.199. The standard InChI is InChI=1S/C23H31NO6/c1-12-18(21(27)29-4)13(2)24-19(12)20(26)14(3)30-17(25)10-22-6-15-5-16(7-22)9-23(28,8-15)11-22/h14-16,24,28H,5-11H2,1-4H3/t14-,15-,16+,22?,23?/m1/s1. The molecule has 1 heterocycles. The van der Waals surface area contributed by atoms with Gasteiger partial charge in [-0.15, -0.1) is 0 Å². The zero-order valence-electron chi connectivity index (χ0n) is 18.2. The average Bonchev–Trinajstić information content (AvgIpc) is 2.91. The first-order valence-corrected chi connectivity index (χ1v) is 10.8. The molecule has 0 aliphatic heterocycles. The molecule has 5 rings (SSSR count). The average molecular weight is 418 g/mol. The maximum atomic E-state index is 12.9. The highest BCUT2D eigenvalue weighted by molar-refractivity contribution is 6.03. The normalized spacial score (nSPS) is 32.7. The number of ether oxygens (including phenoxy) is 2. The molecule has 0 aromatic carbocycles. The number of carbonyl (C=O) groups excluding carboxylic acids is 3. The van der Waals surface area contributed by atoms with Gasteiger partial charge in [0.2, 0.25) is 5.78 Å². The molecular weight excluding hydrogens is 386 g/mol. The lowest BCUT2D eigenvalue weighted by Crippen LogP contribution is -2.56. The number of rotatable bonds is 6. The van der Waals surface area contributed by atoms with Crippen molar-refractivity contribution in [3.8, 4) is 0 Å². The van der Waals surface area contributed by atoms with E-state index in [4.69, 9.17) is 9.47 Å². The van der Waals surface area contributed by atoms with E-state index in [1.54, 1.807) is 20.8 Å². The number of ketones is 1. The molecule has 2 unspecified atom stereocenters. The predicted molar refractivity (Wildman–Crippen MR) is 108 cm³/mol. The van der Waals surface area contributed by atoms with E-state index in [1.165, 1.54) is 7.11 Å². The van der Waals surface area contributed by atoms with E-state index in [2.05, 4.69) is 4.98 Å². The van der Waals surface area contributed by atoms with Crippen molar-refractivity contribution < 1.29 is 29.0 Å². The second kappa shape index (κ2) is 7.22. The molecule has 0 amide bonds. The highest BCUT2D eigenvalue weighted by atomic mass is 16.5. The molecule has 4 saturated carbocycles. The minimum Gasteiger partial charge on any atom is -0.465 e. The molecule has 4 fully saturated rings. The van der Waals surface area contributed by atoms with Gasteiger partial charge >= 0.3 is 11.9 Å². The molecule has 164 valence electrons. The summed E-state index contributed by atoms with van der Waals surface area (Å²) < 4.78 is 10.3. The van der Waals surface area contributed by atoms with Crippen molar-refractivity contribution in [1.82, 2.24) is 4.98 Å². The third-order valence-electron chi connectivity index (χ3n) is 7.42. The second-order valence-electron chi connectivity index (χ2n) is 9.98. The minimum atomic E-state index is -0.961. The van der Waals surface area contributed by atoms with Crippen molar-refractivity contribution in [1.29, 1.82) is 0 Å². The van der Waals surface area contributed by atoms with E-state index in [1.807, 2.05) is 0 Å². The van der Waals surface area contributed by atoms with E-state index in [0.29, 0.717) is 35.1 Å². The van der Waals surface area contributed by atoms with Gasteiger partial charge in [0.1, 0.15) is 0 Å². The number of nitrogens with one attached hydrogen (secondary N) is 1. The predicted octanol–water partition coefficient (Wildman–Crippen LogP) is 3.25. The molecular formula is C23H31NO6. The van der Waals surface area contributed by atoms with Crippen LogP contribution in [0.4, 0.5) is 0 Å². The number of hydrogen-bond acceptors (Lipinski definition) is 6. The van der Waals surface area contributed by atoms with Crippen LogP contribution >= 0.6 is 0 Å². The van der Waals surface area contributed by atoms with Gasteiger partial charge in [-0.05, 0) is 82.1 Å². The Morgan fingerprint density at radius 3 is 2.37 bits per heavy atom. The first-order valence-electron chi connectivity index (χ1n) is 10.8. The second-order valence-corrected chi connectivity index (χ2v) is 9.98. The van der Waals surface area contributed by atoms with Crippen LogP contribution in [0, 0.1) is 31.1 Å². The van der Waals surface area contributed by atoms with Gasteiger partial charge in [-0.3, -0.25) is 9.59 Å². The molecule has 1 aromatic heterocycles. The monoisotopic (exact) mass is 417 g/mol. The lowest BCUT2D eigenvalue weighted by atomic mass is 9.47. The Hall–Kier alpha value is -2.15. The van der Waals surface area contributed by atoms with Crippen molar-refractivity contribution in [3.05, 3.63) is 22.5 Å². The highest BCUT2D eigenvalue weighted by Crippen LogP contribution is 2.62. The SMILES string of the molecule is COC(=O)c1c(C)[nH]c(C(=O)[C@@H](C)OC(=O)CC23C[C@@H]4C[C@@H](CC(O)(C4)C2)C3)c1C. The summed E-state index contributed by atoms with van der Waals surface area (Å²) in [7, 11) is 1.29. The summed E-state index contributed by atoms with van der Waals surface area (Å²) in [4.78, 5) is 40.5. The lowest BCUT2D eigenvalue weighted by Gasteiger charge is -2.60. The number of esters is 2. The van der Waals surface area contributed by atoms with Crippen LogP contribution in [0.2, 0.25) is 0 Å². The Morgan fingerprint density at radius 1 is 1.17 bits per heavy atom. The van der Waals surface area contributed by atoms with Gasteiger partial charge in [-0.2, -0.15) is 0 Å². The molecule has 1 aromatic rings. The molecule has 0 saturated heterocycles. The fourth-order valence-electron chi connectivity index (χ4n) is 6.82. The molecule has 4 aliphatic carbocycles. The molecule has 0 spiro atoms. The Morgan fingerprint density at radius 2 is 1.80 bits per heavy atom. The zero-order valence-corrected chi connectivity index (χ0v) is 18.2. The summed E-state index contributed by atoms with van der Waals surface area (Å²) in [6, 6.07) is 0. The smallest absolute Gasteiger partial charge is 0.339 e. The van der Waals surface area contributed by atoms with Gasteiger partial charge in [0, 0.05) is 5.69 Å². The molecule has 7 heteroatoms. The number of methoxy groups -OCH3 is 1. The Kier molecular flexibility index (Phi) is 5.08. The number of carbonyl (C=O) groups is 3. The van der Waals surface area contributed by atoms with Gasteiger partial charge in [0.25, 0.3) is 0 Å². The van der Waals surface area contributed by atoms with E-state index in [-0.39, 0.29) is 23.3 Å². The fraction of sp³-hybridized carbons (Fsp3) is 0.696. The Bertz CT molecular complexity index is 886. The van der Waals surface area contributed by atoms with Crippen LogP contribution in [0.15, 0.2) is 0 Å². The van der Waals surface area contributed by atoms with Crippen molar-refractivity contribution >= 4 is 17.7 Å². The molecule has 2 N–H and O–H groups in total. The largest absolute Gasteiger partial charge is 0.465 e. The number of Topliss-reactive ketones (excluding diaryl/α,β-unsaturated/α-hetero) is 1. The number of aromatic amines is 1. The number of H-pyrrole nitrogens is 1. The fourth-order valence-corrected chi connectivity index (χ4v) is 6.82. The summed E-state index contributed by atoms with van der Waals surface area (Å²) in [6.45, 7) is 4.93. The van der Waals surface area contributed by atoms with Crippen molar-refractivity contribution in [3.63, 3.8) is 0 Å². The highest BCUT2D eigenvalue weighted by Gasteiger charge is 2.57. The van der Waals surface area contributed by atoms with Crippen LogP contribution in [0.25, 0.3) is 0 Å². The van der Waals surface area contributed by atoms with Gasteiger partial charge in [-0.1, -0.05) is 0 Å². The quantitative estimate of drug-likeness (QED) is 0.544. The summed E-state index contributed by atoms with van der Waals surface area (Å²) in [5.41, 5.74) is 0.807. The van der Waals surface area contributed by atoms with Crippen molar-refractivity contribution in [2.45, 2.75) is 77.4 Å². The van der Waals surface area contributed by atoms with Crippen LogP contribution in [-0.2, 0) is 14.3 Å².